The second-order valence-electron chi connectivity index (χ2n) is 7.91. The fourth-order valence-electron chi connectivity index (χ4n) is 3.44. The third-order valence-corrected chi connectivity index (χ3v) is 5.40. The first kappa shape index (κ1) is 24.2. The van der Waals surface area contributed by atoms with E-state index < -0.39 is 6.09 Å². The number of hydrogen-bond acceptors (Lipinski definition) is 7. The average molecular weight is 483 g/mol. The molecule has 0 bridgehead atoms. The van der Waals surface area contributed by atoms with Crippen LogP contribution in [0.3, 0.4) is 0 Å². The number of nitrogens with zero attached hydrogens (tertiary/aromatic N) is 3. The summed E-state index contributed by atoms with van der Waals surface area (Å²) in [7, 11) is 3.48. The van der Waals surface area contributed by atoms with Crippen LogP contribution in [0.15, 0.2) is 85.1 Å². The molecule has 1 heterocycles. The van der Waals surface area contributed by atoms with E-state index in [1.165, 1.54) is 0 Å². The van der Waals surface area contributed by atoms with Crippen LogP contribution in [-0.2, 0) is 0 Å². The molecule has 0 aliphatic heterocycles. The number of carbonyl (C=O) groups is 2. The number of benzene rings is 3. The van der Waals surface area contributed by atoms with Crippen molar-refractivity contribution in [1.82, 2.24) is 15.3 Å². The van der Waals surface area contributed by atoms with Crippen molar-refractivity contribution in [2.24, 2.45) is 0 Å². The molecule has 4 rings (SSSR count). The molecule has 3 N–H and O–H groups in total. The molecule has 0 spiro atoms. The second kappa shape index (κ2) is 11.0. The van der Waals surface area contributed by atoms with Gasteiger partial charge in [0.2, 0.25) is 5.95 Å². The number of nitrogens with one attached hydrogen (secondary N) is 3. The van der Waals surface area contributed by atoms with E-state index in [2.05, 4.69) is 25.9 Å². The Morgan fingerprint density at radius 3 is 2.36 bits per heavy atom. The largest absolute Gasteiger partial charge is 0.417 e. The third-order valence-electron chi connectivity index (χ3n) is 5.40. The zero-order valence-corrected chi connectivity index (χ0v) is 20.1. The standard InChI is InChI=1S/C27H26N6O3/c1-18-9-10-20(17-23(18)25(34)28-2)30-26-29-16-15-24(32-26)33(3)21-13-11-19(12-14-21)31-27(35)36-22-7-5-4-6-8-22/h4-17H,1-3H3,(H,28,34)(H,31,35)(H,29,30,32). The fourth-order valence-corrected chi connectivity index (χ4v) is 3.44. The molecule has 3 aromatic carbocycles. The highest BCUT2D eigenvalue weighted by Crippen LogP contribution is 2.25. The molecule has 0 saturated heterocycles. The number of aryl methyl sites for hydroxylation is 1. The summed E-state index contributed by atoms with van der Waals surface area (Å²) in [5.74, 6) is 1.37. The van der Waals surface area contributed by atoms with Crippen molar-refractivity contribution in [1.29, 1.82) is 0 Å². The van der Waals surface area contributed by atoms with E-state index in [1.807, 2.05) is 49.2 Å². The van der Waals surface area contributed by atoms with Crippen LogP contribution in [-0.4, -0.2) is 36.1 Å². The number of amides is 2. The maximum atomic E-state index is 12.1. The van der Waals surface area contributed by atoms with Crippen LogP contribution in [0.2, 0.25) is 0 Å². The molecule has 0 radical (unpaired) electrons. The lowest BCUT2D eigenvalue weighted by atomic mass is 10.1. The van der Waals surface area contributed by atoms with Crippen LogP contribution < -0.4 is 25.6 Å². The van der Waals surface area contributed by atoms with Crippen LogP contribution in [0.5, 0.6) is 5.75 Å². The summed E-state index contributed by atoms with van der Waals surface area (Å²) in [6, 6.07) is 23.5. The van der Waals surface area contributed by atoms with Crippen molar-refractivity contribution in [2.75, 3.05) is 29.6 Å². The summed E-state index contributed by atoms with van der Waals surface area (Å²) in [4.78, 5) is 35.0. The predicted octanol–water partition coefficient (Wildman–Crippen LogP) is 5.27. The molecular formula is C27H26N6O3. The number of ether oxygens (including phenoxy) is 1. The summed E-state index contributed by atoms with van der Waals surface area (Å²) in [6.07, 6.45) is 1.09. The zero-order chi connectivity index (χ0) is 25.5. The summed E-state index contributed by atoms with van der Waals surface area (Å²) >= 11 is 0. The number of anilines is 5. The maximum absolute atomic E-state index is 12.1. The van der Waals surface area contributed by atoms with E-state index in [0.717, 1.165) is 11.3 Å². The van der Waals surface area contributed by atoms with E-state index in [4.69, 9.17) is 4.74 Å². The van der Waals surface area contributed by atoms with Gasteiger partial charge in [-0.1, -0.05) is 24.3 Å². The molecular weight excluding hydrogens is 456 g/mol. The number of aromatic nitrogens is 2. The second-order valence-corrected chi connectivity index (χ2v) is 7.91. The quantitative estimate of drug-likeness (QED) is 0.329. The van der Waals surface area contributed by atoms with Gasteiger partial charge >= 0.3 is 6.09 Å². The maximum Gasteiger partial charge on any atom is 0.417 e. The highest BCUT2D eigenvalue weighted by atomic mass is 16.6. The first-order valence-electron chi connectivity index (χ1n) is 11.2. The molecule has 0 saturated carbocycles. The van der Waals surface area contributed by atoms with Crippen LogP contribution in [0, 0.1) is 6.92 Å². The lowest BCUT2D eigenvalue weighted by Gasteiger charge is -2.19. The molecule has 0 unspecified atom stereocenters. The minimum absolute atomic E-state index is 0.156. The molecule has 9 nitrogen and oxygen atoms in total. The van der Waals surface area contributed by atoms with E-state index in [1.54, 1.807) is 61.8 Å². The van der Waals surface area contributed by atoms with E-state index in [0.29, 0.717) is 34.5 Å². The molecule has 1 aromatic heterocycles. The minimum Gasteiger partial charge on any atom is -0.410 e. The van der Waals surface area contributed by atoms with Gasteiger partial charge in [0.25, 0.3) is 5.91 Å². The Hall–Kier alpha value is -4.92. The molecule has 4 aromatic rings. The molecule has 0 fully saturated rings. The Balaban J connectivity index is 1.43. The van der Waals surface area contributed by atoms with Crippen molar-refractivity contribution in [3.63, 3.8) is 0 Å². The van der Waals surface area contributed by atoms with Crippen LogP contribution in [0.1, 0.15) is 15.9 Å². The summed E-state index contributed by atoms with van der Waals surface area (Å²) in [6.45, 7) is 1.88. The summed E-state index contributed by atoms with van der Waals surface area (Å²) in [5, 5.41) is 8.51. The van der Waals surface area contributed by atoms with Crippen molar-refractivity contribution in [3.05, 3.63) is 96.2 Å². The van der Waals surface area contributed by atoms with Gasteiger partial charge < -0.3 is 20.3 Å². The number of carbonyl (C=O) groups excluding carboxylic acids is 2. The Bertz CT molecular complexity index is 1360. The molecule has 0 aliphatic rings. The number of hydrogen-bond donors (Lipinski definition) is 3. The van der Waals surface area contributed by atoms with E-state index in [-0.39, 0.29) is 5.91 Å². The lowest BCUT2D eigenvalue weighted by molar-refractivity contribution is 0.0962. The van der Waals surface area contributed by atoms with Gasteiger partial charge in [-0.2, -0.15) is 4.98 Å². The normalized spacial score (nSPS) is 10.3. The summed E-state index contributed by atoms with van der Waals surface area (Å²) < 4.78 is 5.25. The molecule has 2 amide bonds. The topological polar surface area (TPSA) is 108 Å². The van der Waals surface area contributed by atoms with Crippen molar-refractivity contribution in [3.8, 4) is 5.75 Å². The summed E-state index contributed by atoms with van der Waals surface area (Å²) in [5.41, 5.74) is 3.62. The van der Waals surface area contributed by atoms with Gasteiger partial charge in [0, 0.05) is 42.9 Å². The molecule has 9 heteroatoms. The monoisotopic (exact) mass is 482 g/mol. The van der Waals surface area contributed by atoms with Gasteiger partial charge in [-0.15, -0.1) is 0 Å². The fraction of sp³-hybridized carbons (Fsp3) is 0.111. The third kappa shape index (κ3) is 5.95. The van der Waals surface area contributed by atoms with E-state index >= 15 is 0 Å². The smallest absolute Gasteiger partial charge is 0.410 e. The minimum atomic E-state index is -0.565. The SMILES string of the molecule is CNC(=O)c1cc(Nc2nccc(N(C)c3ccc(NC(=O)Oc4ccccc4)cc3)n2)ccc1C. The van der Waals surface area contributed by atoms with Gasteiger partial charge in [-0.25, -0.2) is 9.78 Å². The van der Waals surface area contributed by atoms with Crippen LogP contribution in [0.25, 0.3) is 0 Å². The first-order valence-corrected chi connectivity index (χ1v) is 11.2. The molecule has 0 atom stereocenters. The van der Waals surface area contributed by atoms with Gasteiger partial charge in [0.15, 0.2) is 0 Å². The average Bonchev–Trinajstić information content (AvgIpc) is 2.90. The van der Waals surface area contributed by atoms with Crippen molar-refractivity contribution >= 4 is 40.8 Å². The van der Waals surface area contributed by atoms with Crippen LogP contribution in [0.4, 0.5) is 33.6 Å². The Morgan fingerprint density at radius 1 is 0.917 bits per heavy atom. The van der Waals surface area contributed by atoms with Crippen LogP contribution >= 0.6 is 0 Å². The number of para-hydroxylation sites is 1. The highest BCUT2D eigenvalue weighted by molar-refractivity contribution is 5.96. The van der Waals surface area contributed by atoms with Gasteiger partial charge in [0.05, 0.1) is 0 Å². The van der Waals surface area contributed by atoms with Gasteiger partial charge in [-0.05, 0) is 67.1 Å². The predicted molar refractivity (Wildman–Crippen MR) is 140 cm³/mol. The van der Waals surface area contributed by atoms with Gasteiger partial charge in [0.1, 0.15) is 11.6 Å². The number of rotatable bonds is 7. The van der Waals surface area contributed by atoms with Gasteiger partial charge in [-0.3, -0.25) is 10.1 Å². The Morgan fingerprint density at radius 2 is 1.64 bits per heavy atom. The van der Waals surface area contributed by atoms with Crippen molar-refractivity contribution < 1.29 is 14.3 Å². The lowest BCUT2D eigenvalue weighted by Crippen LogP contribution is -2.19. The van der Waals surface area contributed by atoms with Crippen molar-refractivity contribution in [2.45, 2.75) is 6.92 Å². The van der Waals surface area contributed by atoms with E-state index in [9.17, 15) is 9.59 Å². The molecule has 182 valence electrons. The molecule has 36 heavy (non-hydrogen) atoms. The Kier molecular flexibility index (Phi) is 7.40. The Labute approximate surface area is 209 Å². The zero-order valence-electron chi connectivity index (χ0n) is 20.1. The molecule has 0 aliphatic carbocycles. The first-order chi connectivity index (χ1) is 17.4. The highest BCUT2D eigenvalue weighted by Gasteiger charge is 2.11.